The number of likely N-dealkylation sites (N-methyl/N-ethyl adjacent to an activating group) is 1. The van der Waals surface area contributed by atoms with Gasteiger partial charge in [-0.05, 0) is 65.6 Å². The van der Waals surface area contributed by atoms with Gasteiger partial charge in [-0.25, -0.2) is 0 Å². The number of halogens is 1. The van der Waals surface area contributed by atoms with Gasteiger partial charge in [-0.15, -0.1) is 11.6 Å². The van der Waals surface area contributed by atoms with E-state index in [-0.39, 0.29) is 5.41 Å². The Balaban J connectivity index is 2.03. The highest BCUT2D eigenvalue weighted by Crippen LogP contribution is 2.36. The average Bonchev–Trinajstić information content (AvgIpc) is 2.85. The van der Waals surface area contributed by atoms with Crippen molar-refractivity contribution in [2.24, 2.45) is 5.41 Å². The van der Waals surface area contributed by atoms with Crippen molar-refractivity contribution in [3.05, 3.63) is 95.6 Å². The van der Waals surface area contributed by atoms with Gasteiger partial charge in [-0.1, -0.05) is 75.4 Å². The van der Waals surface area contributed by atoms with E-state index in [1.165, 1.54) is 5.57 Å². The molecule has 0 spiro atoms. The number of rotatable bonds is 11. The van der Waals surface area contributed by atoms with E-state index in [4.69, 9.17) is 21.1 Å². The highest BCUT2D eigenvalue weighted by molar-refractivity contribution is 6.18. The molecule has 0 heterocycles. The van der Waals surface area contributed by atoms with Crippen LogP contribution in [0.5, 0.6) is 11.5 Å². The number of hydrogen-bond donors (Lipinski definition) is 2. The van der Waals surface area contributed by atoms with Crippen molar-refractivity contribution in [2.45, 2.75) is 33.5 Å². The number of ether oxygens (including phenoxy) is 2. The number of benzene rings is 3. The standard InChI is InChI=1S/C30H36ClNO3/c1-30(2,3)29(33)35-26-16-12-24(13-17-26)28(27(18-19-31)22-8-6-5-7-9-22)23-10-14-25(15-11-23)34-21-20-32-4/h5-17,29,32-33H,18-21H2,1-4H3. The molecule has 0 saturated heterocycles. The molecule has 2 N–H and O–H groups in total. The topological polar surface area (TPSA) is 50.7 Å². The van der Waals surface area contributed by atoms with E-state index in [2.05, 4.69) is 29.6 Å². The molecule has 186 valence electrons. The molecule has 5 heteroatoms. The quantitative estimate of drug-likeness (QED) is 0.136. The van der Waals surface area contributed by atoms with Gasteiger partial charge in [0, 0.05) is 17.8 Å². The zero-order chi connectivity index (χ0) is 25.3. The molecule has 3 aromatic rings. The summed E-state index contributed by atoms with van der Waals surface area (Å²) in [5.41, 5.74) is 5.19. The Labute approximate surface area is 214 Å². The maximum absolute atomic E-state index is 10.3. The zero-order valence-corrected chi connectivity index (χ0v) is 21.8. The van der Waals surface area contributed by atoms with Crippen molar-refractivity contribution >= 4 is 22.7 Å². The third-order valence-corrected chi connectivity index (χ3v) is 5.85. The monoisotopic (exact) mass is 493 g/mol. The third-order valence-electron chi connectivity index (χ3n) is 5.66. The first-order valence-electron chi connectivity index (χ1n) is 12.0. The second kappa shape index (κ2) is 12.8. The van der Waals surface area contributed by atoms with Gasteiger partial charge in [0.1, 0.15) is 18.1 Å². The Morgan fingerprint density at radius 1 is 0.857 bits per heavy atom. The predicted molar refractivity (Wildman–Crippen MR) is 146 cm³/mol. The Morgan fingerprint density at radius 2 is 1.43 bits per heavy atom. The second-order valence-corrected chi connectivity index (χ2v) is 9.87. The van der Waals surface area contributed by atoms with Crippen molar-refractivity contribution in [2.75, 3.05) is 26.1 Å². The van der Waals surface area contributed by atoms with Crippen LogP contribution in [0.1, 0.15) is 43.9 Å². The van der Waals surface area contributed by atoms with Gasteiger partial charge < -0.3 is 19.9 Å². The summed E-state index contributed by atoms with van der Waals surface area (Å²) in [6.45, 7) is 7.23. The molecular formula is C30H36ClNO3. The highest BCUT2D eigenvalue weighted by atomic mass is 35.5. The number of aliphatic hydroxyl groups excluding tert-OH is 1. The van der Waals surface area contributed by atoms with Crippen molar-refractivity contribution in [3.63, 3.8) is 0 Å². The molecule has 0 aliphatic heterocycles. The van der Waals surface area contributed by atoms with Gasteiger partial charge >= 0.3 is 0 Å². The third kappa shape index (κ3) is 7.60. The zero-order valence-electron chi connectivity index (χ0n) is 21.1. The maximum atomic E-state index is 10.3. The fraction of sp³-hybridized carbons (Fsp3) is 0.333. The molecule has 0 amide bonds. The smallest absolute Gasteiger partial charge is 0.202 e. The first-order valence-corrected chi connectivity index (χ1v) is 12.5. The molecule has 0 fully saturated rings. The Morgan fingerprint density at radius 3 is 1.94 bits per heavy atom. The minimum absolute atomic E-state index is 0.373. The first-order chi connectivity index (χ1) is 16.8. The molecule has 4 nitrogen and oxygen atoms in total. The van der Waals surface area contributed by atoms with Crippen LogP contribution in [0.3, 0.4) is 0 Å². The fourth-order valence-corrected chi connectivity index (χ4v) is 3.85. The molecule has 3 rings (SSSR count). The van der Waals surface area contributed by atoms with Gasteiger partial charge in [0.15, 0.2) is 0 Å². The highest BCUT2D eigenvalue weighted by Gasteiger charge is 2.24. The summed E-state index contributed by atoms with van der Waals surface area (Å²) in [4.78, 5) is 0. The summed E-state index contributed by atoms with van der Waals surface area (Å²) >= 11 is 6.28. The first kappa shape index (κ1) is 26.8. The van der Waals surface area contributed by atoms with Crippen molar-refractivity contribution in [3.8, 4) is 11.5 Å². The van der Waals surface area contributed by atoms with Crippen LogP contribution >= 0.6 is 11.6 Å². The van der Waals surface area contributed by atoms with E-state index in [1.807, 2.05) is 82.4 Å². The van der Waals surface area contributed by atoms with E-state index >= 15 is 0 Å². The van der Waals surface area contributed by atoms with Crippen LogP contribution in [0.25, 0.3) is 11.1 Å². The number of alkyl halides is 1. The van der Waals surface area contributed by atoms with E-state index < -0.39 is 6.29 Å². The molecule has 0 bridgehead atoms. The lowest BCUT2D eigenvalue weighted by Crippen LogP contribution is -2.31. The molecule has 0 aliphatic carbocycles. The summed E-state index contributed by atoms with van der Waals surface area (Å²) in [5.74, 6) is 1.97. The van der Waals surface area contributed by atoms with Crippen molar-refractivity contribution in [1.82, 2.24) is 5.32 Å². The lowest BCUT2D eigenvalue weighted by molar-refractivity contribution is -0.0931. The van der Waals surface area contributed by atoms with Gasteiger partial charge in [-0.2, -0.15) is 0 Å². The second-order valence-electron chi connectivity index (χ2n) is 9.50. The van der Waals surface area contributed by atoms with E-state index in [0.29, 0.717) is 18.2 Å². The van der Waals surface area contributed by atoms with Crippen molar-refractivity contribution in [1.29, 1.82) is 0 Å². The summed E-state index contributed by atoms with van der Waals surface area (Å²) in [7, 11) is 1.91. The Hall–Kier alpha value is -2.79. The van der Waals surface area contributed by atoms with Crippen LogP contribution in [0.4, 0.5) is 0 Å². The van der Waals surface area contributed by atoms with Gasteiger partial charge in [0.05, 0.1) is 0 Å². The molecule has 1 atom stereocenters. The van der Waals surface area contributed by atoms with E-state index in [1.54, 1.807) is 0 Å². The maximum Gasteiger partial charge on any atom is 0.202 e. The molecule has 0 aromatic heterocycles. The van der Waals surface area contributed by atoms with Crippen LogP contribution in [-0.4, -0.2) is 37.5 Å². The lowest BCUT2D eigenvalue weighted by atomic mass is 9.88. The molecule has 1 unspecified atom stereocenters. The Kier molecular flexibility index (Phi) is 9.79. The number of nitrogens with one attached hydrogen (secondary N) is 1. The number of allylic oxidation sites excluding steroid dienone is 1. The minimum Gasteiger partial charge on any atom is -0.492 e. The molecule has 3 aromatic carbocycles. The number of hydrogen-bond acceptors (Lipinski definition) is 4. The van der Waals surface area contributed by atoms with Gasteiger partial charge in [-0.3, -0.25) is 0 Å². The van der Waals surface area contributed by atoms with E-state index in [9.17, 15) is 5.11 Å². The van der Waals surface area contributed by atoms with Crippen LogP contribution in [-0.2, 0) is 0 Å². The molecule has 0 saturated carbocycles. The summed E-state index contributed by atoms with van der Waals surface area (Å²) in [6.07, 6.45) is -0.169. The van der Waals surface area contributed by atoms with Crippen LogP contribution in [0.2, 0.25) is 0 Å². The molecule has 0 radical (unpaired) electrons. The largest absolute Gasteiger partial charge is 0.492 e. The SMILES string of the molecule is CNCCOc1ccc(C(=C(CCCl)c2ccccc2)c2ccc(OC(O)C(C)(C)C)cc2)cc1. The Bertz CT molecular complexity index is 1070. The lowest BCUT2D eigenvalue weighted by Gasteiger charge is -2.26. The number of aliphatic hydroxyl groups is 1. The molecule has 0 aliphatic rings. The predicted octanol–water partition coefficient (Wildman–Crippen LogP) is 6.62. The summed E-state index contributed by atoms with van der Waals surface area (Å²) < 4.78 is 11.6. The average molecular weight is 494 g/mol. The minimum atomic E-state index is -0.894. The van der Waals surface area contributed by atoms with E-state index in [0.717, 1.165) is 41.0 Å². The summed E-state index contributed by atoms with van der Waals surface area (Å²) in [6, 6.07) is 26.4. The van der Waals surface area contributed by atoms with Crippen LogP contribution in [0.15, 0.2) is 78.9 Å². The van der Waals surface area contributed by atoms with Gasteiger partial charge in [0.2, 0.25) is 6.29 Å². The fourth-order valence-electron chi connectivity index (χ4n) is 3.66. The summed E-state index contributed by atoms with van der Waals surface area (Å²) in [5, 5.41) is 13.4. The molecule has 35 heavy (non-hydrogen) atoms. The van der Waals surface area contributed by atoms with Gasteiger partial charge in [0.25, 0.3) is 0 Å². The van der Waals surface area contributed by atoms with Crippen LogP contribution < -0.4 is 14.8 Å². The van der Waals surface area contributed by atoms with Crippen molar-refractivity contribution < 1.29 is 14.6 Å². The molecular weight excluding hydrogens is 458 g/mol. The normalized spacial score (nSPS) is 13.2. The van der Waals surface area contributed by atoms with Crippen LogP contribution in [0, 0.1) is 5.41 Å².